The number of benzene rings is 1. The molecule has 0 spiro atoms. The molecule has 0 unspecified atom stereocenters. The fourth-order valence-corrected chi connectivity index (χ4v) is 4.64. The summed E-state index contributed by atoms with van der Waals surface area (Å²) in [6.45, 7) is 6.43. The molecule has 2 aromatic heterocycles. The summed E-state index contributed by atoms with van der Waals surface area (Å²) in [4.78, 5) is 23.4. The van der Waals surface area contributed by atoms with E-state index in [-0.39, 0.29) is 5.82 Å². The number of rotatable bonds is 5. The lowest BCUT2D eigenvalue weighted by Gasteiger charge is -2.31. The Morgan fingerprint density at radius 1 is 0.935 bits per heavy atom. The van der Waals surface area contributed by atoms with Crippen LogP contribution in [0.15, 0.2) is 35.6 Å². The Kier molecular flexibility index (Phi) is 6.10. The molecule has 0 saturated carbocycles. The van der Waals surface area contributed by atoms with E-state index in [1.807, 2.05) is 0 Å². The van der Waals surface area contributed by atoms with Gasteiger partial charge in [0, 0.05) is 45.0 Å². The molecule has 1 N–H and O–H groups in total. The van der Waals surface area contributed by atoms with Gasteiger partial charge in [-0.15, -0.1) is 0 Å². The number of hydrogen-bond donors (Lipinski definition) is 1. The highest BCUT2D eigenvalue weighted by Gasteiger charge is 2.23. The van der Waals surface area contributed by atoms with Gasteiger partial charge in [0.25, 0.3) is 0 Å². The Morgan fingerprint density at radius 2 is 1.71 bits per heavy atom. The van der Waals surface area contributed by atoms with E-state index >= 15 is 0 Å². The standard InChI is InChI=1S/C21H24FN7OS/c22-16-3-1-15(2-4-16)13-31-20-18-17(24-14-25-20)19(28-9-11-30-12-10-28)27-21(26-18)29-7-5-23-6-8-29/h1-4,14,23H,5-13H2. The van der Waals surface area contributed by atoms with Crippen LogP contribution >= 0.6 is 11.8 Å². The molecule has 0 atom stereocenters. The number of morpholine rings is 1. The molecule has 2 aliphatic heterocycles. The van der Waals surface area contributed by atoms with E-state index in [0.717, 1.165) is 66.7 Å². The Hall–Kier alpha value is -2.56. The summed E-state index contributed by atoms with van der Waals surface area (Å²) in [6, 6.07) is 6.56. The highest BCUT2D eigenvalue weighted by molar-refractivity contribution is 7.98. The molecule has 1 aromatic carbocycles. The lowest BCUT2D eigenvalue weighted by Crippen LogP contribution is -2.44. The lowest BCUT2D eigenvalue weighted by atomic mass is 10.2. The molecule has 5 rings (SSSR count). The zero-order valence-electron chi connectivity index (χ0n) is 17.1. The van der Waals surface area contributed by atoms with Crippen LogP contribution in [0.4, 0.5) is 16.2 Å². The average molecular weight is 442 g/mol. The predicted octanol–water partition coefficient (Wildman–Crippen LogP) is 2.10. The minimum Gasteiger partial charge on any atom is -0.378 e. The number of ether oxygens (including phenoxy) is 1. The van der Waals surface area contributed by atoms with Crippen molar-refractivity contribution in [1.82, 2.24) is 25.3 Å². The first kappa shape index (κ1) is 20.3. The van der Waals surface area contributed by atoms with Gasteiger partial charge in [-0.25, -0.2) is 19.3 Å². The highest BCUT2D eigenvalue weighted by atomic mass is 32.2. The molecule has 2 fully saturated rings. The number of fused-ring (bicyclic) bond motifs is 1. The van der Waals surface area contributed by atoms with Crippen molar-refractivity contribution in [1.29, 1.82) is 0 Å². The summed E-state index contributed by atoms with van der Waals surface area (Å²) in [5.74, 6) is 2.00. The third kappa shape index (κ3) is 4.56. The summed E-state index contributed by atoms with van der Waals surface area (Å²) in [5.41, 5.74) is 2.56. The molecular formula is C21H24FN7OS. The minimum atomic E-state index is -0.232. The monoisotopic (exact) mass is 441 g/mol. The van der Waals surface area contributed by atoms with Crippen molar-refractivity contribution in [3.05, 3.63) is 42.0 Å². The number of thioether (sulfide) groups is 1. The first-order valence-electron chi connectivity index (χ1n) is 10.5. The van der Waals surface area contributed by atoms with E-state index < -0.39 is 0 Å². The summed E-state index contributed by atoms with van der Waals surface area (Å²) < 4.78 is 18.8. The largest absolute Gasteiger partial charge is 0.378 e. The van der Waals surface area contributed by atoms with Crippen LogP contribution in [0, 0.1) is 5.82 Å². The van der Waals surface area contributed by atoms with E-state index in [2.05, 4.69) is 25.1 Å². The van der Waals surface area contributed by atoms with E-state index in [1.54, 1.807) is 30.2 Å². The Balaban J connectivity index is 1.53. The second-order valence-corrected chi connectivity index (χ2v) is 8.44. The zero-order chi connectivity index (χ0) is 21.0. The lowest BCUT2D eigenvalue weighted by molar-refractivity contribution is 0.122. The van der Waals surface area contributed by atoms with Crippen LogP contribution in [-0.4, -0.2) is 72.4 Å². The van der Waals surface area contributed by atoms with Gasteiger partial charge >= 0.3 is 0 Å². The number of hydrogen-bond acceptors (Lipinski definition) is 9. The first-order chi connectivity index (χ1) is 15.3. The molecule has 3 aromatic rings. The Labute approximate surface area is 184 Å². The van der Waals surface area contributed by atoms with Crippen LogP contribution in [0.25, 0.3) is 11.0 Å². The summed E-state index contributed by atoms with van der Waals surface area (Å²) in [7, 11) is 0. The Morgan fingerprint density at radius 3 is 2.48 bits per heavy atom. The number of halogens is 1. The second kappa shape index (κ2) is 9.29. The van der Waals surface area contributed by atoms with E-state index in [4.69, 9.17) is 14.7 Å². The smallest absolute Gasteiger partial charge is 0.228 e. The van der Waals surface area contributed by atoms with Crippen molar-refractivity contribution in [2.24, 2.45) is 0 Å². The number of nitrogens with zero attached hydrogens (tertiary/aromatic N) is 6. The number of anilines is 2. The molecule has 4 heterocycles. The van der Waals surface area contributed by atoms with Gasteiger partial charge in [-0.1, -0.05) is 23.9 Å². The maximum atomic E-state index is 13.2. The fourth-order valence-electron chi connectivity index (χ4n) is 3.74. The van der Waals surface area contributed by atoms with Crippen LogP contribution < -0.4 is 15.1 Å². The second-order valence-electron chi connectivity index (χ2n) is 7.47. The molecule has 10 heteroatoms. The Bertz CT molecular complexity index is 1040. The highest BCUT2D eigenvalue weighted by Crippen LogP contribution is 2.32. The molecule has 31 heavy (non-hydrogen) atoms. The number of aromatic nitrogens is 4. The predicted molar refractivity (Wildman–Crippen MR) is 119 cm³/mol. The summed E-state index contributed by atoms with van der Waals surface area (Å²) in [6.07, 6.45) is 1.58. The molecule has 162 valence electrons. The van der Waals surface area contributed by atoms with E-state index in [1.165, 1.54) is 12.1 Å². The fraction of sp³-hybridized carbons (Fsp3) is 0.429. The van der Waals surface area contributed by atoms with Crippen LogP contribution in [0.3, 0.4) is 0 Å². The number of piperazine rings is 1. The molecule has 0 bridgehead atoms. The third-order valence-electron chi connectivity index (χ3n) is 5.42. The van der Waals surface area contributed by atoms with Crippen molar-refractivity contribution in [2.45, 2.75) is 10.8 Å². The summed E-state index contributed by atoms with van der Waals surface area (Å²) >= 11 is 1.58. The van der Waals surface area contributed by atoms with Gasteiger partial charge in [-0.3, -0.25) is 0 Å². The van der Waals surface area contributed by atoms with Gasteiger partial charge in [-0.2, -0.15) is 4.98 Å². The average Bonchev–Trinajstić information content (AvgIpc) is 2.84. The van der Waals surface area contributed by atoms with Crippen LogP contribution in [-0.2, 0) is 10.5 Å². The van der Waals surface area contributed by atoms with Crippen LogP contribution in [0.2, 0.25) is 0 Å². The van der Waals surface area contributed by atoms with Crippen molar-refractivity contribution in [2.75, 3.05) is 62.3 Å². The maximum Gasteiger partial charge on any atom is 0.228 e. The normalized spacial score (nSPS) is 17.3. The van der Waals surface area contributed by atoms with Crippen molar-refractivity contribution in [3.63, 3.8) is 0 Å². The molecule has 8 nitrogen and oxygen atoms in total. The summed E-state index contributed by atoms with van der Waals surface area (Å²) in [5, 5.41) is 4.18. The third-order valence-corrected chi connectivity index (χ3v) is 6.47. The minimum absolute atomic E-state index is 0.232. The maximum absolute atomic E-state index is 13.2. The first-order valence-corrected chi connectivity index (χ1v) is 11.4. The number of nitrogens with one attached hydrogen (secondary N) is 1. The van der Waals surface area contributed by atoms with Gasteiger partial charge < -0.3 is 19.9 Å². The van der Waals surface area contributed by atoms with Crippen LogP contribution in [0.1, 0.15) is 5.56 Å². The topological polar surface area (TPSA) is 79.3 Å². The van der Waals surface area contributed by atoms with Crippen molar-refractivity contribution in [3.8, 4) is 0 Å². The SMILES string of the molecule is Fc1ccc(CSc2ncnc3c(N4CCOCC4)nc(N4CCNCC4)nc23)cc1. The zero-order valence-corrected chi connectivity index (χ0v) is 17.9. The molecular weight excluding hydrogens is 417 g/mol. The molecule has 2 aliphatic rings. The van der Waals surface area contributed by atoms with Gasteiger partial charge in [0.2, 0.25) is 5.95 Å². The van der Waals surface area contributed by atoms with E-state index in [9.17, 15) is 4.39 Å². The van der Waals surface area contributed by atoms with Crippen molar-refractivity contribution >= 4 is 34.6 Å². The van der Waals surface area contributed by atoms with Gasteiger partial charge in [0.05, 0.1) is 13.2 Å². The van der Waals surface area contributed by atoms with Crippen LogP contribution in [0.5, 0.6) is 0 Å². The van der Waals surface area contributed by atoms with E-state index in [0.29, 0.717) is 24.9 Å². The molecule has 2 saturated heterocycles. The van der Waals surface area contributed by atoms with Gasteiger partial charge in [0.1, 0.15) is 28.2 Å². The van der Waals surface area contributed by atoms with Gasteiger partial charge in [-0.05, 0) is 17.7 Å². The molecule has 0 radical (unpaired) electrons. The quantitative estimate of drug-likeness (QED) is 0.473. The van der Waals surface area contributed by atoms with Crippen molar-refractivity contribution < 1.29 is 9.13 Å². The van der Waals surface area contributed by atoms with Gasteiger partial charge in [0.15, 0.2) is 5.82 Å². The molecule has 0 aliphatic carbocycles. The molecule has 0 amide bonds.